The first-order valence-electron chi connectivity index (χ1n) is 28.8. The molecule has 2 heterocycles. The van der Waals surface area contributed by atoms with E-state index in [1.807, 2.05) is 0 Å². The van der Waals surface area contributed by atoms with Gasteiger partial charge in [0, 0.05) is 43.7 Å². The maximum atomic E-state index is 2.47. The van der Waals surface area contributed by atoms with E-state index in [1.165, 1.54) is 155 Å². The van der Waals surface area contributed by atoms with Crippen LogP contribution in [0.5, 0.6) is 0 Å². The second-order valence-corrected chi connectivity index (χ2v) is 23.7. The summed E-state index contributed by atoms with van der Waals surface area (Å²) in [6.07, 6.45) is 4.43. The van der Waals surface area contributed by atoms with Crippen molar-refractivity contribution in [2.45, 2.75) is 38.5 Å². The lowest BCUT2D eigenvalue weighted by Crippen LogP contribution is -2.15. The molecule has 0 fully saturated rings. The Morgan fingerprint density at radius 1 is 0.244 bits per heavy atom. The van der Waals surface area contributed by atoms with Crippen molar-refractivity contribution in [2.75, 3.05) is 0 Å². The Morgan fingerprint density at radius 3 is 0.902 bits per heavy atom. The molecule has 0 bridgehead atoms. The van der Waals surface area contributed by atoms with Gasteiger partial charge in [0.15, 0.2) is 0 Å². The Balaban J connectivity index is 0.628. The van der Waals surface area contributed by atoms with Crippen molar-refractivity contribution in [1.29, 1.82) is 0 Å². The molecular formula is C80H58N2. The number of nitrogens with zero attached hydrogens (tertiary/aromatic N) is 2. The monoisotopic (exact) mass is 1050 g/mol. The van der Waals surface area contributed by atoms with Gasteiger partial charge in [-0.15, -0.1) is 0 Å². The van der Waals surface area contributed by atoms with Crippen molar-refractivity contribution >= 4 is 55.8 Å². The van der Waals surface area contributed by atoms with Gasteiger partial charge in [0.2, 0.25) is 0 Å². The number of aromatic nitrogens is 2. The Morgan fingerprint density at radius 2 is 0.524 bits per heavy atom. The van der Waals surface area contributed by atoms with Crippen molar-refractivity contribution < 1.29 is 0 Å². The highest BCUT2D eigenvalue weighted by molar-refractivity contribution is 6.12. The van der Waals surface area contributed by atoms with Gasteiger partial charge in [-0.2, -0.15) is 0 Å². The van der Waals surface area contributed by atoms with Crippen LogP contribution < -0.4 is 0 Å². The van der Waals surface area contributed by atoms with E-state index in [0.717, 1.165) is 0 Å². The summed E-state index contributed by atoms with van der Waals surface area (Å²) in [6, 6.07) is 99.3. The highest BCUT2D eigenvalue weighted by Gasteiger charge is 2.38. The molecular weight excluding hydrogens is 989 g/mol. The second-order valence-electron chi connectivity index (χ2n) is 23.7. The average molecular weight is 1050 g/mol. The summed E-state index contributed by atoms with van der Waals surface area (Å²) in [7, 11) is 0. The molecule has 2 nitrogen and oxygen atoms in total. The molecule has 82 heavy (non-hydrogen) atoms. The standard InChI is InChI=1S/C80H58N2/c1-79(2)71-47-57(54-31-27-52(28-32-54)24-23-51-25-29-53(30-26-51)55-37-43-77-69(45-55)67-19-11-13-21-75(67)81(77)61-15-7-5-8-16-61)33-39-63(71)65-41-35-59(49-73(65)79)60-36-42-66-64-40-34-58(48-72(64)80(3,4)74(66)50-60)56-38-44-78-70(46-56)68-20-12-14-22-76(68)82(78)62-17-9-6-10-18-62/h5-50H,1-4H3/b24-23+. The molecule has 0 spiro atoms. The van der Waals surface area contributed by atoms with E-state index in [9.17, 15) is 0 Å². The van der Waals surface area contributed by atoms with Crippen molar-refractivity contribution in [3.8, 4) is 78.1 Å². The quantitative estimate of drug-likeness (QED) is 0.134. The minimum atomic E-state index is -0.167. The van der Waals surface area contributed by atoms with E-state index >= 15 is 0 Å². The maximum absolute atomic E-state index is 2.47. The van der Waals surface area contributed by atoms with Gasteiger partial charge >= 0.3 is 0 Å². The van der Waals surface area contributed by atoms with Gasteiger partial charge in [-0.05, 0) is 185 Å². The number of benzene rings is 12. The second kappa shape index (κ2) is 18.3. The molecule has 2 aromatic heterocycles. The van der Waals surface area contributed by atoms with Crippen LogP contribution in [0.4, 0.5) is 0 Å². The van der Waals surface area contributed by atoms with Crippen molar-refractivity contribution in [3.63, 3.8) is 0 Å². The van der Waals surface area contributed by atoms with Gasteiger partial charge in [-0.25, -0.2) is 0 Å². The fourth-order valence-electron chi connectivity index (χ4n) is 14.0. The third-order valence-corrected chi connectivity index (χ3v) is 18.3. The number of rotatable bonds is 8. The minimum absolute atomic E-state index is 0.160. The van der Waals surface area contributed by atoms with E-state index in [-0.39, 0.29) is 10.8 Å². The highest BCUT2D eigenvalue weighted by Crippen LogP contribution is 2.53. The first kappa shape index (κ1) is 47.9. The van der Waals surface area contributed by atoms with Gasteiger partial charge in [-0.3, -0.25) is 0 Å². The third kappa shape index (κ3) is 7.48. The molecule has 0 N–H and O–H groups in total. The van der Waals surface area contributed by atoms with E-state index in [2.05, 4.69) is 316 Å². The summed E-state index contributed by atoms with van der Waals surface area (Å²) in [4.78, 5) is 0. The molecule has 0 radical (unpaired) electrons. The lowest BCUT2D eigenvalue weighted by Gasteiger charge is -2.24. The Labute approximate surface area is 479 Å². The maximum Gasteiger partial charge on any atom is 0.0541 e. The predicted octanol–water partition coefficient (Wildman–Crippen LogP) is 21.3. The molecule has 0 unspecified atom stereocenters. The summed E-state index contributed by atoms with van der Waals surface area (Å²) < 4.78 is 4.76. The van der Waals surface area contributed by atoms with Crippen LogP contribution in [0, 0.1) is 0 Å². The summed E-state index contributed by atoms with van der Waals surface area (Å²) in [6.45, 7) is 9.60. The lowest BCUT2D eigenvalue weighted by molar-refractivity contribution is 0.660. The molecule has 2 heteroatoms. The van der Waals surface area contributed by atoms with E-state index in [1.54, 1.807) is 0 Å². The molecule has 0 atom stereocenters. The van der Waals surface area contributed by atoms with Crippen molar-refractivity contribution in [2.24, 2.45) is 0 Å². The summed E-state index contributed by atoms with van der Waals surface area (Å²) in [5.74, 6) is 0. The fourth-order valence-corrected chi connectivity index (χ4v) is 14.0. The summed E-state index contributed by atoms with van der Waals surface area (Å²) >= 11 is 0. The normalized spacial score (nSPS) is 13.8. The Bertz CT molecular complexity index is 4930. The van der Waals surface area contributed by atoms with Gasteiger partial charge in [0.05, 0.1) is 22.1 Å². The lowest BCUT2D eigenvalue weighted by atomic mass is 9.79. The zero-order valence-corrected chi connectivity index (χ0v) is 46.5. The van der Waals surface area contributed by atoms with Crippen LogP contribution in [-0.2, 0) is 10.8 Å². The zero-order chi connectivity index (χ0) is 54.8. The minimum Gasteiger partial charge on any atom is -0.309 e. The molecule has 0 amide bonds. The molecule has 388 valence electrons. The largest absolute Gasteiger partial charge is 0.309 e. The fraction of sp³-hybridized carbons (Fsp3) is 0.0750. The summed E-state index contributed by atoms with van der Waals surface area (Å²) in [5.41, 5.74) is 30.0. The Hall–Kier alpha value is -10.0. The van der Waals surface area contributed by atoms with Crippen molar-refractivity contribution in [3.05, 3.63) is 300 Å². The van der Waals surface area contributed by atoms with E-state index < -0.39 is 0 Å². The van der Waals surface area contributed by atoms with Gasteiger partial charge in [0.1, 0.15) is 0 Å². The van der Waals surface area contributed by atoms with Crippen LogP contribution in [0.3, 0.4) is 0 Å². The van der Waals surface area contributed by atoms with Crippen LogP contribution in [0.25, 0.3) is 134 Å². The average Bonchev–Trinajstić information content (AvgIpc) is 4.28. The SMILES string of the molecule is CC1(C)c2cc(-c3ccc(/C=C/c4ccc(-c5ccc6c(c5)c5ccccc5n6-c5ccccc5)cc4)cc3)ccc2-c2ccc(-c3ccc4c(c3)C(C)(C)c3cc(-c5ccc6c(c5)c5ccccc5n6-c5ccccc5)ccc3-4)cc21. The number of hydrogen-bond acceptors (Lipinski definition) is 0. The smallest absolute Gasteiger partial charge is 0.0541 e. The number of fused-ring (bicyclic) bond motifs is 12. The van der Waals surface area contributed by atoms with E-state index in [0.29, 0.717) is 0 Å². The number of para-hydroxylation sites is 4. The molecule has 12 aromatic carbocycles. The zero-order valence-electron chi connectivity index (χ0n) is 46.5. The molecule has 2 aliphatic rings. The molecule has 0 saturated heterocycles. The van der Waals surface area contributed by atoms with Gasteiger partial charge in [0.25, 0.3) is 0 Å². The highest BCUT2D eigenvalue weighted by atomic mass is 15.0. The van der Waals surface area contributed by atoms with Crippen LogP contribution in [0.15, 0.2) is 267 Å². The molecule has 14 aromatic rings. The third-order valence-electron chi connectivity index (χ3n) is 18.3. The van der Waals surface area contributed by atoms with E-state index in [4.69, 9.17) is 0 Å². The molecule has 16 rings (SSSR count). The topological polar surface area (TPSA) is 9.86 Å². The van der Waals surface area contributed by atoms with Crippen LogP contribution in [0.1, 0.15) is 61.1 Å². The van der Waals surface area contributed by atoms with Crippen LogP contribution in [-0.4, -0.2) is 9.13 Å². The van der Waals surface area contributed by atoms with Crippen molar-refractivity contribution in [1.82, 2.24) is 9.13 Å². The molecule has 0 aliphatic heterocycles. The Kier molecular flexibility index (Phi) is 10.7. The first-order chi connectivity index (χ1) is 40.1. The predicted molar refractivity (Wildman–Crippen MR) is 347 cm³/mol. The van der Waals surface area contributed by atoms with Crippen LogP contribution >= 0.6 is 0 Å². The molecule has 0 saturated carbocycles. The van der Waals surface area contributed by atoms with Crippen LogP contribution in [0.2, 0.25) is 0 Å². The summed E-state index contributed by atoms with van der Waals surface area (Å²) in [5, 5.41) is 5.07. The molecule has 2 aliphatic carbocycles. The number of hydrogen-bond donors (Lipinski definition) is 0. The van der Waals surface area contributed by atoms with Gasteiger partial charge < -0.3 is 9.13 Å². The first-order valence-corrected chi connectivity index (χ1v) is 28.8. The van der Waals surface area contributed by atoms with Gasteiger partial charge in [-0.1, -0.05) is 222 Å².